The van der Waals surface area contributed by atoms with Gasteiger partial charge in [-0.25, -0.2) is 0 Å². The van der Waals surface area contributed by atoms with Crippen LogP contribution in [0.1, 0.15) is 123 Å². The number of allylic oxidation sites excluding steroid dienone is 4. The van der Waals surface area contributed by atoms with Gasteiger partial charge in [0.2, 0.25) is 0 Å². The summed E-state index contributed by atoms with van der Waals surface area (Å²) in [6, 6.07) is 11.5. The van der Waals surface area contributed by atoms with E-state index in [1.807, 2.05) is 36.4 Å². The molecule has 0 radical (unpaired) electrons. The molecule has 0 unspecified atom stereocenters. The van der Waals surface area contributed by atoms with Crippen LogP contribution < -0.4 is 0 Å². The van der Waals surface area contributed by atoms with Crippen LogP contribution in [0.25, 0.3) is 11.1 Å². The predicted molar refractivity (Wildman–Crippen MR) is 164 cm³/mol. The van der Waals surface area contributed by atoms with Crippen molar-refractivity contribution in [3.05, 3.63) is 82.3 Å². The maximum absolute atomic E-state index is 14.3. The van der Waals surface area contributed by atoms with E-state index < -0.39 is 19.6 Å². The fourth-order valence-electron chi connectivity index (χ4n) is 6.76. The lowest BCUT2D eigenvalue weighted by Gasteiger charge is -2.33. The lowest BCUT2D eigenvalue weighted by atomic mass is 9.70. The topological polar surface area (TPSA) is 41.1 Å². The third kappa shape index (κ3) is 6.63. The van der Waals surface area contributed by atoms with Crippen LogP contribution in [0.15, 0.2) is 60.1 Å². The summed E-state index contributed by atoms with van der Waals surface area (Å²) < 4.78 is 76.5. The smallest absolute Gasteiger partial charge is 0.572 e. The van der Waals surface area contributed by atoms with Crippen LogP contribution in [0.3, 0.4) is 0 Å². The van der Waals surface area contributed by atoms with Crippen molar-refractivity contribution < 1.29 is 35.3 Å². The largest absolute Gasteiger partial charge is 0.994 e. The number of halogens is 4. The Morgan fingerprint density at radius 2 is 1.05 bits per heavy atom. The van der Waals surface area contributed by atoms with E-state index in [2.05, 4.69) is 23.2 Å². The van der Waals surface area contributed by atoms with Gasteiger partial charge in [0.15, 0.2) is 0 Å². The highest BCUT2D eigenvalue weighted by molar-refractivity contribution is 6.51. The third-order valence-corrected chi connectivity index (χ3v) is 8.69. The molecule has 43 heavy (non-hydrogen) atoms. The Bertz CT molecular complexity index is 1380. The summed E-state index contributed by atoms with van der Waals surface area (Å²) in [5.41, 5.74) is 4.88. The first-order chi connectivity index (χ1) is 20.5. The van der Waals surface area contributed by atoms with E-state index in [0.717, 1.165) is 86.5 Å². The molecule has 2 aliphatic heterocycles. The first-order valence-electron chi connectivity index (χ1n) is 15.6. The van der Waals surface area contributed by atoms with Crippen molar-refractivity contribution in [3.63, 3.8) is 0 Å². The summed E-state index contributed by atoms with van der Waals surface area (Å²) in [6.45, 7) is 7.33. The second-order valence-electron chi connectivity index (χ2n) is 12.0. The minimum Gasteiger partial charge on any atom is -0.572 e. The molecule has 2 aromatic carbocycles. The van der Waals surface area contributed by atoms with Gasteiger partial charge in [0.1, 0.15) is 0 Å². The van der Waals surface area contributed by atoms with E-state index >= 15 is 0 Å². The highest BCUT2D eigenvalue weighted by Gasteiger charge is 2.53. The van der Waals surface area contributed by atoms with Crippen molar-refractivity contribution in [3.8, 4) is 11.1 Å². The monoisotopic (exact) mass is 598 g/mol. The molecule has 0 atom stereocenters. The molecule has 0 spiro atoms. The minimum atomic E-state index is -4.46. The van der Waals surface area contributed by atoms with E-state index in [4.69, 9.17) is 8.68 Å². The molecule has 5 rings (SSSR count). The van der Waals surface area contributed by atoms with E-state index in [-0.39, 0.29) is 23.1 Å². The maximum atomic E-state index is 14.3. The van der Waals surface area contributed by atoms with Gasteiger partial charge in [-0.1, -0.05) is 77.3 Å². The van der Waals surface area contributed by atoms with Crippen LogP contribution in [0, 0.1) is 0 Å². The first kappa shape index (κ1) is 31.1. The number of rotatable bonds is 12. The van der Waals surface area contributed by atoms with Gasteiger partial charge in [-0.05, 0) is 73.2 Å². The van der Waals surface area contributed by atoms with Crippen LogP contribution in [0.4, 0.5) is 17.3 Å². The highest BCUT2D eigenvalue weighted by atomic mass is 19.3. The number of benzene rings is 2. The number of fused-ring (bicyclic) bond motifs is 3. The zero-order valence-electron chi connectivity index (χ0n) is 25.5. The molecule has 230 valence electrons. The van der Waals surface area contributed by atoms with Crippen LogP contribution in [0.5, 0.6) is 0 Å². The molecule has 4 nitrogen and oxygen atoms in total. The molecule has 0 fully saturated rings. The number of ketones is 2. The Balaban J connectivity index is 1.67. The summed E-state index contributed by atoms with van der Waals surface area (Å²) in [5.74, 6) is 0.353. The Hall–Kier alpha value is -3.29. The molecule has 0 saturated carbocycles. The minimum absolute atomic E-state index is 0.0790. The second kappa shape index (κ2) is 12.4. The number of unbranched alkanes of at least 4 members (excludes halogenated alkanes) is 6. The molecular weight excluding hydrogens is 558 g/mol. The lowest BCUT2D eigenvalue weighted by Crippen LogP contribution is -2.31. The van der Waals surface area contributed by atoms with Crippen LogP contribution in [-0.4, -0.2) is 25.8 Å². The highest BCUT2D eigenvalue weighted by Crippen LogP contribution is 2.55. The van der Waals surface area contributed by atoms with Crippen molar-refractivity contribution >= 4 is 25.8 Å². The van der Waals surface area contributed by atoms with Crippen molar-refractivity contribution in [1.29, 1.82) is 0 Å². The zero-order chi connectivity index (χ0) is 30.8. The molecule has 1 aliphatic carbocycles. The lowest BCUT2D eigenvalue weighted by molar-refractivity contribution is -0.190. The van der Waals surface area contributed by atoms with Crippen molar-refractivity contribution in [2.24, 2.45) is 0 Å². The van der Waals surface area contributed by atoms with Gasteiger partial charge in [0, 0.05) is 5.41 Å². The van der Waals surface area contributed by atoms with Crippen molar-refractivity contribution in [2.75, 3.05) is 0 Å². The number of hydrogen-bond donors (Lipinski definition) is 0. The molecule has 3 aliphatic rings. The van der Waals surface area contributed by atoms with Gasteiger partial charge >= 0.3 is 14.2 Å². The average Bonchev–Trinajstić information content (AvgIpc) is 3.20. The molecule has 0 aromatic heterocycles. The van der Waals surface area contributed by atoms with Gasteiger partial charge in [0.05, 0.1) is 34.8 Å². The standard InChI is InChI=1S/C33H40B2F4O4/c1-5-7-9-11-17-33(18-12-10-8-6-2)29-21-25(31-19-23(3)40-34(36,37)42-31)13-15-27(29)28-16-14-26(22-30(28)33)32-20-24(4)41-35(38,39)43-32/h13-16,19-22H,5-12,17-18H2,1-4H3. The molecule has 0 saturated heterocycles. The molecule has 10 heteroatoms. The Labute approximate surface area is 251 Å². The fraction of sp³-hybridized carbons (Fsp3) is 0.455. The first-order valence-corrected chi connectivity index (χ1v) is 15.6. The van der Waals surface area contributed by atoms with Crippen molar-refractivity contribution in [2.45, 2.75) is 97.3 Å². The van der Waals surface area contributed by atoms with E-state index in [0.29, 0.717) is 11.1 Å². The van der Waals surface area contributed by atoms with E-state index in [9.17, 15) is 17.3 Å². The molecule has 2 heterocycles. The normalized spacial score (nSPS) is 19.3. The Kier molecular flexibility index (Phi) is 8.96. The molecule has 0 amide bonds. The van der Waals surface area contributed by atoms with Gasteiger partial charge in [-0.15, -0.1) is 0 Å². The molecule has 2 aromatic rings. The zero-order valence-corrected chi connectivity index (χ0v) is 25.5. The number of hydrogen-bond acceptors (Lipinski definition) is 2. The van der Waals surface area contributed by atoms with Gasteiger partial charge < -0.3 is 35.3 Å². The Morgan fingerprint density at radius 1 is 0.628 bits per heavy atom. The van der Waals surface area contributed by atoms with Crippen LogP contribution in [-0.2, 0) is 14.7 Å². The summed E-state index contributed by atoms with van der Waals surface area (Å²) in [5, 5.41) is 0. The van der Waals surface area contributed by atoms with Gasteiger partial charge in [-0.3, -0.25) is 0 Å². The summed E-state index contributed by atoms with van der Waals surface area (Å²) in [6.07, 6.45) is 13.3. The van der Waals surface area contributed by atoms with E-state index in [1.165, 1.54) is 26.0 Å². The molecule has 0 N–H and O–H groups in total. The molecule has 0 bridgehead atoms. The number of carbonyl (C=O) groups excluding carboxylic acids is 2. The quantitative estimate of drug-likeness (QED) is 0.106. The van der Waals surface area contributed by atoms with Crippen LogP contribution in [0.2, 0.25) is 0 Å². The van der Waals surface area contributed by atoms with Crippen LogP contribution >= 0.6 is 0 Å². The van der Waals surface area contributed by atoms with Gasteiger partial charge in [-0.2, -0.15) is 0 Å². The summed E-state index contributed by atoms with van der Waals surface area (Å²) in [4.78, 5) is 0. The summed E-state index contributed by atoms with van der Waals surface area (Å²) >= 11 is 0. The second-order valence-corrected chi connectivity index (χ2v) is 12.0. The molecular formula is C33H40B2F4O4. The summed E-state index contributed by atoms with van der Waals surface area (Å²) in [7, 11) is -8.92. The fourth-order valence-corrected chi connectivity index (χ4v) is 6.76. The van der Waals surface area contributed by atoms with E-state index in [1.54, 1.807) is 0 Å². The predicted octanol–water partition coefficient (Wildman–Crippen LogP) is 9.95. The SMILES string of the molecule is CCCCCCC1(CCCCCC)c2cc(C3=[O+][B-](F)(F)OC(C)=C3)ccc2-c2ccc(C3=[O+][B-](F)(F)OC(C)=C3)cc21. The Morgan fingerprint density at radius 3 is 1.42 bits per heavy atom. The average molecular weight is 598 g/mol. The van der Waals surface area contributed by atoms with Gasteiger partial charge in [0.25, 0.3) is 11.6 Å². The van der Waals surface area contributed by atoms with Crippen molar-refractivity contribution in [1.82, 2.24) is 0 Å². The maximum Gasteiger partial charge on any atom is 0.994 e. The third-order valence-electron chi connectivity index (χ3n) is 8.69.